The van der Waals surface area contributed by atoms with Gasteiger partial charge >= 0.3 is 0 Å². The molecule has 1 aromatic carbocycles. The van der Waals surface area contributed by atoms with E-state index in [2.05, 4.69) is 25.3 Å². The largest absolute Gasteiger partial charge is 0.356 e. The van der Waals surface area contributed by atoms with E-state index in [1.54, 1.807) is 18.3 Å². The van der Waals surface area contributed by atoms with Crippen molar-refractivity contribution < 1.29 is 4.92 Å². The van der Waals surface area contributed by atoms with E-state index in [-0.39, 0.29) is 5.69 Å². The van der Waals surface area contributed by atoms with Crippen LogP contribution in [0.4, 0.5) is 23.3 Å². The third kappa shape index (κ3) is 5.03. The summed E-state index contributed by atoms with van der Waals surface area (Å²) in [5.41, 5.74) is 3.69. The van der Waals surface area contributed by atoms with Gasteiger partial charge < -0.3 is 9.80 Å². The summed E-state index contributed by atoms with van der Waals surface area (Å²) in [5, 5.41) is 15.2. The van der Waals surface area contributed by atoms with E-state index in [1.165, 1.54) is 37.8 Å². The Kier molecular flexibility index (Phi) is 6.36. The quantitative estimate of drug-likeness (QED) is 0.440. The molecule has 0 radical (unpaired) electrons. The minimum Gasteiger partial charge on any atom is -0.356 e. The highest BCUT2D eigenvalue weighted by Crippen LogP contribution is 2.25. The van der Waals surface area contributed by atoms with Crippen LogP contribution < -0.4 is 15.2 Å². The van der Waals surface area contributed by atoms with E-state index in [4.69, 9.17) is 4.98 Å². The Morgan fingerprint density at radius 2 is 1.67 bits per heavy atom. The average molecular weight is 409 g/mol. The van der Waals surface area contributed by atoms with Crippen molar-refractivity contribution in [1.29, 1.82) is 0 Å². The molecule has 2 aromatic rings. The van der Waals surface area contributed by atoms with Gasteiger partial charge in [0.15, 0.2) is 5.82 Å². The first-order chi connectivity index (χ1) is 14.7. The molecular weight excluding hydrogens is 382 g/mol. The maximum atomic E-state index is 10.9. The van der Waals surface area contributed by atoms with E-state index < -0.39 is 4.92 Å². The van der Waals surface area contributed by atoms with Crippen molar-refractivity contribution in [1.82, 2.24) is 9.97 Å². The molecule has 1 N–H and O–H groups in total. The normalized spacial score (nSPS) is 17.3. The lowest BCUT2D eigenvalue weighted by Crippen LogP contribution is -2.33. The fourth-order valence-corrected chi connectivity index (χ4v) is 3.89. The molecule has 0 saturated carbocycles. The van der Waals surface area contributed by atoms with Crippen molar-refractivity contribution >= 4 is 29.5 Å². The fraction of sp³-hybridized carbons (Fsp3) is 0.476. The fourth-order valence-electron chi connectivity index (χ4n) is 3.89. The molecule has 0 amide bonds. The SMILES string of the molecule is O=[N+]([O-])c1cccc(C=NNc2cc(N3CCCCC3)nc(N3CCCCC3)n2)c1. The molecule has 0 aliphatic carbocycles. The Bertz CT molecular complexity index is 870. The van der Waals surface area contributed by atoms with Crippen molar-refractivity contribution in [3.63, 3.8) is 0 Å². The Labute approximate surface area is 176 Å². The molecule has 3 heterocycles. The minimum atomic E-state index is -0.412. The number of rotatable bonds is 6. The second-order valence-electron chi connectivity index (χ2n) is 7.73. The number of nitro groups is 1. The highest BCUT2D eigenvalue weighted by Gasteiger charge is 2.19. The topological polar surface area (TPSA) is 99.8 Å². The van der Waals surface area contributed by atoms with Crippen molar-refractivity contribution in [2.45, 2.75) is 38.5 Å². The smallest absolute Gasteiger partial charge is 0.270 e. The first-order valence-corrected chi connectivity index (χ1v) is 10.6. The predicted molar refractivity (Wildman–Crippen MR) is 118 cm³/mol. The first kappa shape index (κ1) is 20.1. The average Bonchev–Trinajstić information content (AvgIpc) is 2.80. The van der Waals surface area contributed by atoms with Crippen LogP contribution in [0.5, 0.6) is 0 Å². The summed E-state index contributed by atoms with van der Waals surface area (Å²) in [6.07, 6.45) is 8.75. The van der Waals surface area contributed by atoms with Crippen LogP contribution in [0.15, 0.2) is 35.4 Å². The van der Waals surface area contributed by atoms with Crippen LogP contribution in [0.1, 0.15) is 44.1 Å². The van der Waals surface area contributed by atoms with Crippen LogP contribution in [0.2, 0.25) is 0 Å². The van der Waals surface area contributed by atoms with Crippen molar-refractivity contribution in [2.24, 2.45) is 5.10 Å². The number of hydrogen-bond acceptors (Lipinski definition) is 8. The number of nitrogens with zero attached hydrogens (tertiary/aromatic N) is 6. The monoisotopic (exact) mass is 409 g/mol. The first-order valence-electron chi connectivity index (χ1n) is 10.6. The summed E-state index contributed by atoms with van der Waals surface area (Å²) in [4.78, 5) is 24.6. The zero-order valence-electron chi connectivity index (χ0n) is 17.0. The molecule has 30 heavy (non-hydrogen) atoms. The second kappa shape index (κ2) is 9.51. The molecule has 2 aliphatic heterocycles. The number of aromatic nitrogens is 2. The van der Waals surface area contributed by atoms with Crippen molar-refractivity contribution in [3.8, 4) is 0 Å². The highest BCUT2D eigenvalue weighted by atomic mass is 16.6. The molecule has 0 spiro atoms. The number of anilines is 3. The molecule has 0 atom stereocenters. The van der Waals surface area contributed by atoms with Gasteiger partial charge in [0.2, 0.25) is 5.95 Å². The van der Waals surface area contributed by atoms with Crippen LogP contribution in [-0.4, -0.2) is 47.3 Å². The number of benzene rings is 1. The lowest BCUT2D eigenvalue weighted by atomic mass is 10.1. The molecule has 0 unspecified atom stereocenters. The van der Waals surface area contributed by atoms with Crippen LogP contribution in [0.25, 0.3) is 0 Å². The van der Waals surface area contributed by atoms with Gasteiger partial charge in [0.1, 0.15) is 5.82 Å². The number of nitro benzene ring substituents is 1. The number of hydrogen-bond donors (Lipinski definition) is 1. The Morgan fingerprint density at radius 3 is 2.37 bits per heavy atom. The number of non-ortho nitro benzene ring substituents is 1. The maximum Gasteiger partial charge on any atom is 0.270 e. The highest BCUT2D eigenvalue weighted by molar-refractivity contribution is 5.81. The molecule has 2 aliphatic rings. The molecule has 2 fully saturated rings. The van der Waals surface area contributed by atoms with Gasteiger partial charge in [-0.05, 0) is 38.5 Å². The zero-order chi connectivity index (χ0) is 20.8. The van der Waals surface area contributed by atoms with Gasteiger partial charge in [0.25, 0.3) is 5.69 Å². The van der Waals surface area contributed by atoms with Gasteiger partial charge in [-0.25, -0.2) is 0 Å². The second-order valence-corrected chi connectivity index (χ2v) is 7.73. The van der Waals surface area contributed by atoms with Gasteiger partial charge in [0.05, 0.1) is 11.1 Å². The van der Waals surface area contributed by atoms with Crippen LogP contribution in [0.3, 0.4) is 0 Å². The van der Waals surface area contributed by atoms with Crippen LogP contribution in [0, 0.1) is 10.1 Å². The summed E-state index contributed by atoms with van der Waals surface area (Å²) in [6, 6.07) is 8.31. The summed E-state index contributed by atoms with van der Waals surface area (Å²) >= 11 is 0. The number of nitrogens with one attached hydrogen (secondary N) is 1. The molecule has 9 nitrogen and oxygen atoms in total. The molecular formula is C21H27N7O2. The van der Waals surface area contributed by atoms with Crippen molar-refractivity contribution in [3.05, 3.63) is 46.0 Å². The van der Waals surface area contributed by atoms with E-state index in [9.17, 15) is 10.1 Å². The summed E-state index contributed by atoms with van der Waals surface area (Å²) in [5.74, 6) is 2.30. The van der Waals surface area contributed by atoms with Gasteiger partial charge in [-0.2, -0.15) is 15.1 Å². The van der Waals surface area contributed by atoms with Crippen LogP contribution >= 0.6 is 0 Å². The van der Waals surface area contributed by atoms with Gasteiger partial charge in [0, 0.05) is 49.9 Å². The summed E-state index contributed by atoms with van der Waals surface area (Å²) in [7, 11) is 0. The van der Waals surface area contributed by atoms with E-state index in [1.807, 2.05) is 6.07 Å². The van der Waals surface area contributed by atoms with E-state index in [0.717, 1.165) is 50.8 Å². The molecule has 4 rings (SSSR count). The van der Waals surface area contributed by atoms with E-state index >= 15 is 0 Å². The molecule has 0 bridgehead atoms. The Hall–Kier alpha value is -3.23. The third-order valence-electron chi connectivity index (χ3n) is 5.49. The van der Waals surface area contributed by atoms with Gasteiger partial charge in [-0.15, -0.1) is 0 Å². The summed E-state index contributed by atoms with van der Waals surface area (Å²) < 4.78 is 0. The Morgan fingerprint density at radius 1 is 0.967 bits per heavy atom. The predicted octanol–water partition coefficient (Wildman–Crippen LogP) is 3.81. The molecule has 9 heteroatoms. The lowest BCUT2D eigenvalue weighted by Gasteiger charge is -2.31. The number of hydrazone groups is 1. The van der Waals surface area contributed by atoms with Crippen molar-refractivity contribution in [2.75, 3.05) is 41.4 Å². The lowest BCUT2D eigenvalue weighted by molar-refractivity contribution is -0.384. The Balaban J connectivity index is 1.54. The van der Waals surface area contributed by atoms with Gasteiger partial charge in [-0.1, -0.05) is 12.1 Å². The molecule has 158 valence electrons. The maximum absolute atomic E-state index is 10.9. The number of piperidine rings is 2. The van der Waals surface area contributed by atoms with Gasteiger partial charge in [-0.3, -0.25) is 15.5 Å². The molecule has 2 saturated heterocycles. The molecule has 1 aromatic heterocycles. The van der Waals surface area contributed by atoms with E-state index in [0.29, 0.717) is 11.4 Å². The van der Waals surface area contributed by atoms with Crippen LogP contribution in [-0.2, 0) is 0 Å². The minimum absolute atomic E-state index is 0.0424. The zero-order valence-corrected chi connectivity index (χ0v) is 17.0. The summed E-state index contributed by atoms with van der Waals surface area (Å²) in [6.45, 7) is 3.96. The standard InChI is InChI=1S/C21H27N7O2/c29-28(30)18-9-7-8-17(14-18)16-22-25-19-15-20(26-10-3-1-4-11-26)24-21(23-19)27-12-5-2-6-13-27/h7-9,14-16H,1-6,10-13H2,(H,23,24,25). The third-order valence-corrected chi connectivity index (χ3v) is 5.49.